The normalized spacial score (nSPS) is 18.7. The number of nitrogens with one attached hydrogen (secondary N) is 1. The zero-order chi connectivity index (χ0) is 31.9. The number of H-pyrrole nitrogens is 1. The first kappa shape index (κ1) is 36.5. The molecule has 0 radical (unpaired) electrons. The number of carbonyl (C=O) groups is 1. The van der Waals surface area contributed by atoms with Crippen LogP contribution in [-0.4, -0.2) is 46.9 Å². The van der Waals surface area contributed by atoms with E-state index in [1.807, 2.05) is 0 Å². The number of hydrogen-bond acceptors (Lipinski definition) is 5. The summed E-state index contributed by atoms with van der Waals surface area (Å²) in [6.45, 7) is 25.3. The van der Waals surface area contributed by atoms with E-state index in [0.29, 0.717) is 6.42 Å². The number of fused-ring (bicyclic) bond motifs is 1. The fourth-order valence-corrected chi connectivity index (χ4v) is 7.78. The molecule has 0 aliphatic heterocycles. The Balaban J connectivity index is 2.45. The first-order valence-corrected chi connectivity index (χ1v) is 21.9. The van der Waals surface area contributed by atoms with Crippen molar-refractivity contribution in [1.82, 2.24) is 4.98 Å². The number of unbranched alkanes of at least 4 members (excludes halogenated alkanes) is 3. The first-order chi connectivity index (χ1) is 19.4. The minimum Gasteiger partial charge on any atom is -0.469 e. The van der Waals surface area contributed by atoms with E-state index in [1.165, 1.54) is 20.0 Å². The predicted molar refractivity (Wildman–Crippen MR) is 179 cm³/mol. The third-order valence-electron chi connectivity index (χ3n) is 9.86. The smallest absolute Gasteiger partial charge is 0.305 e. The molecule has 1 aliphatic carbocycles. The second kappa shape index (κ2) is 14.9. The molecule has 238 valence electrons. The van der Waals surface area contributed by atoms with Crippen molar-refractivity contribution in [3.8, 4) is 6.07 Å². The quantitative estimate of drug-likeness (QED) is 0.0918. The van der Waals surface area contributed by atoms with E-state index < -0.39 is 16.6 Å². The van der Waals surface area contributed by atoms with Crippen molar-refractivity contribution in [1.29, 1.82) is 5.26 Å². The van der Waals surface area contributed by atoms with Gasteiger partial charge in [-0.3, -0.25) is 4.79 Å². The number of ether oxygens (including phenoxy) is 1. The summed E-state index contributed by atoms with van der Waals surface area (Å²) in [5.74, 6) is -0.186. The van der Waals surface area contributed by atoms with Crippen molar-refractivity contribution in [3.05, 3.63) is 34.7 Å². The number of nitriles is 1. The number of rotatable bonds is 15. The summed E-state index contributed by atoms with van der Waals surface area (Å²) in [7, 11) is -2.59. The van der Waals surface area contributed by atoms with Gasteiger partial charge in [0.15, 0.2) is 16.6 Å². The Labute approximate surface area is 259 Å². The second-order valence-electron chi connectivity index (χ2n) is 15.2. The fraction of sp³-hybridized carbons (Fsp3) is 0.765. The van der Waals surface area contributed by atoms with Crippen LogP contribution in [-0.2, 0) is 31.2 Å². The fourth-order valence-electron chi connectivity index (χ4n) is 5.14. The predicted octanol–water partition coefficient (Wildman–Crippen LogP) is 9.33. The van der Waals surface area contributed by atoms with Gasteiger partial charge in [0, 0.05) is 35.7 Å². The molecule has 1 aromatic heterocycles. The van der Waals surface area contributed by atoms with Gasteiger partial charge in [-0.2, -0.15) is 5.26 Å². The summed E-state index contributed by atoms with van der Waals surface area (Å²) >= 11 is 0. The minimum atomic E-state index is -2.05. The molecule has 42 heavy (non-hydrogen) atoms. The summed E-state index contributed by atoms with van der Waals surface area (Å²) in [6.07, 6.45) is 12.7. The van der Waals surface area contributed by atoms with Crippen molar-refractivity contribution < 1.29 is 18.4 Å². The number of aromatic nitrogens is 1. The molecule has 1 N–H and O–H groups in total. The average molecular weight is 617 g/mol. The molecule has 0 fully saturated rings. The van der Waals surface area contributed by atoms with Crippen LogP contribution in [0.25, 0.3) is 0 Å². The van der Waals surface area contributed by atoms with Gasteiger partial charge in [-0.25, -0.2) is 0 Å². The lowest BCUT2D eigenvalue weighted by atomic mass is 9.94. The Hall–Kier alpha value is -1.67. The average Bonchev–Trinajstić information content (AvgIpc) is 3.37. The number of esters is 1. The minimum absolute atomic E-state index is 0.000495. The zero-order valence-electron chi connectivity index (χ0n) is 28.8. The van der Waals surface area contributed by atoms with Crippen LogP contribution in [0.4, 0.5) is 0 Å². The molecule has 0 saturated carbocycles. The Morgan fingerprint density at radius 3 is 2.24 bits per heavy atom. The van der Waals surface area contributed by atoms with Crippen LogP contribution in [0, 0.1) is 11.3 Å². The van der Waals surface area contributed by atoms with Gasteiger partial charge in [0.2, 0.25) is 0 Å². The van der Waals surface area contributed by atoms with Crippen LogP contribution in [0.2, 0.25) is 36.3 Å². The summed E-state index contributed by atoms with van der Waals surface area (Å²) in [6, 6.07) is 2.54. The number of aromatic amines is 1. The Morgan fingerprint density at radius 1 is 1.05 bits per heavy atom. The monoisotopic (exact) mass is 616 g/mol. The Bertz CT molecular complexity index is 1100. The summed E-state index contributed by atoms with van der Waals surface area (Å²) in [5, 5.41) is 10.6. The molecular weight excluding hydrogens is 557 g/mol. The highest BCUT2D eigenvalue weighted by atomic mass is 28.4. The van der Waals surface area contributed by atoms with Gasteiger partial charge in [0.05, 0.1) is 24.9 Å². The summed E-state index contributed by atoms with van der Waals surface area (Å²) < 4.78 is 18.8. The zero-order valence-corrected chi connectivity index (χ0v) is 30.8. The van der Waals surface area contributed by atoms with E-state index in [0.717, 1.165) is 61.0 Å². The van der Waals surface area contributed by atoms with Crippen molar-refractivity contribution >= 4 is 22.6 Å². The van der Waals surface area contributed by atoms with Gasteiger partial charge in [0.25, 0.3) is 0 Å². The standard InChI is InChI=1S/C34H60N2O4Si2/c1-13-14-15-18-25(39-41(9,10)33(2,3)4)21-22-26-30(40-42(11,12)34(5,6)7)23-29-32(26)27(24-35)28(36-29)19-16-17-20-31(37)38-8/h21-22,25-26,30,36H,13-20,23H2,1-12H3/b22-21+/t25-,26+,30-/m1/s1. The first-order valence-electron chi connectivity index (χ1n) is 16.1. The molecule has 1 aromatic rings. The maximum Gasteiger partial charge on any atom is 0.305 e. The van der Waals surface area contributed by atoms with Crippen LogP contribution in [0.15, 0.2) is 12.2 Å². The van der Waals surface area contributed by atoms with Gasteiger partial charge >= 0.3 is 5.97 Å². The molecule has 8 heteroatoms. The molecule has 0 bridgehead atoms. The molecule has 1 heterocycles. The van der Waals surface area contributed by atoms with E-state index >= 15 is 0 Å². The molecule has 0 unspecified atom stereocenters. The van der Waals surface area contributed by atoms with Crippen LogP contribution in [0.5, 0.6) is 0 Å². The number of carbonyl (C=O) groups excluding carboxylic acids is 1. The van der Waals surface area contributed by atoms with Gasteiger partial charge in [-0.15, -0.1) is 0 Å². The third-order valence-corrected chi connectivity index (χ3v) is 18.9. The number of methoxy groups -OCH3 is 1. The Morgan fingerprint density at radius 2 is 1.69 bits per heavy atom. The largest absolute Gasteiger partial charge is 0.469 e. The second-order valence-corrected chi connectivity index (χ2v) is 24.7. The Kier molecular flexibility index (Phi) is 12.9. The maximum absolute atomic E-state index is 11.6. The van der Waals surface area contributed by atoms with Gasteiger partial charge < -0.3 is 18.6 Å². The third kappa shape index (κ3) is 9.41. The summed E-state index contributed by atoms with van der Waals surface area (Å²) in [5.41, 5.74) is 3.96. The molecule has 0 saturated heterocycles. The molecule has 6 nitrogen and oxygen atoms in total. The van der Waals surface area contributed by atoms with Crippen molar-refractivity contribution in [2.24, 2.45) is 0 Å². The molecule has 1 aliphatic rings. The van der Waals surface area contributed by atoms with Crippen LogP contribution in [0.1, 0.15) is 122 Å². The van der Waals surface area contributed by atoms with Gasteiger partial charge in [-0.1, -0.05) is 79.9 Å². The highest BCUT2D eigenvalue weighted by Gasteiger charge is 2.45. The molecule has 3 atom stereocenters. The van der Waals surface area contributed by atoms with Crippen molar-refractivity contribution in [3.63, 3.8) is 0 Å². The number of aryl methyl sites for hydroxylation is 1. The van der Waals surface area contributed by atoms with Gasteiger partial charge in [-0.05, 0) is 61.9 Å². The van der Waals surface area contributed by atoms with Crippen LogP contribution >= 0.6 is 0 Å². The topological polar surface area (TPSA) is 84.3 Å². The summed E-state index contributed by atoms with van der Waals surface area (Å²) in [4.78, 5) is 15.2. The molecular formula is C34H60N2O4Si2. The van der Waals surface area contributed by atoms with Crippen LogP contribution < -0.4 is 0 Å². The van der Waals surface area contributed by atoms with Crippen molar-refractivity contribution in [2.75, 3.05) is 7.11 Å². The highest BCUT2D eigenvalue weighted by molar-refractivity contribution is 6.74. The van der Waals surface area contributed by atoms with E-state index in [4.69, 9.17) is 13.6 Å². The van der Waals surface area contributed by atoms with E-state index in [-0.39, 0.29) is 34.2 Å². The lowest BCUT2D eigenvalue weighted by Crippen LogP contribution is -2.45. The maximum atomic E-state index is 11.6. The van der Waals surface area contributed by atoms with E-state index in [2.05, 4.69) is 97.9 Å². The molecule has 0 amide bonds. The van der Waals surface area contributed by atoms with E-state index in [1.54, 1.807) is 0 Å². The van der Waals surface area contributed by atoms with E-state index in [9.17, 15) is 10.1 Å². The molecule has 2 rings (SSSR count). The lowest BCUT2D eigenvalue weighted by molar-refractivity contribution is -0.140. The highest BCUT2D eigenvalue weighted by Crippen LogP contribution is 2.45. The lowest BCUT2D eigenvalue weighted by Gasteiger charge is -2.40. The van der Waals surface area contributed by atoms with Gasteiger partial charge in [0.1, 0.15) is 6.07 Å². The van der Waals surface area contributed by atoms with Crippen LogP contribution in [0.3, 0.4) is 0 Å². The molecule has 0 aromatic carbocycles. The number of hydrogen-bond donors (Lipinski definition) is 1. The number of nitrogens with zero attached hydrogens (tertiary/aromatic N) is 1. The molecule has 0 spiro atoms. The SMILES string of the molecule is CCCCC[C@H](/C=C/[C@@H]1c2c([nH]c(CCCCC(=O)OC)c2C#N)C[C@H]1O[Si](C)(C)C(C)(C)C)O[Si](C)(C)C(C)(C)C. The van der Waals surface area contributed by atoms with Crippen molar-refractivity contribution in [2.45, 2.75) is 161 Å².